The summed E-state index contributed by atoms with van der Waals surface area (Å²) >= 11 is 7.03. The predicted molar refractivity (Wildman–Crippen MR) is 76.5 cm³/mol. The molecule has 0 aromatic carbocycles. The van der Waals surface area contributed by atoms with E-state index in [1.54, 1.807) is 22.7 Å². The van der Waals surface area contributed by atoms with Gasteiger partial charge in [0.2, 0.25) is 0 Å². The Balaban J connectivity index is 1.96. The van der Waals surface area contributed by atoms with Crippen LogP contribution < -0.4 is 5.32 Å². The van der Waals surface area contributed by atoms with E-state index in [-0.39, 0.29) is 0 Å². The van der Waals surface area contributed by atoms with Crippen molar-refractivity contribution in [2.45, 2.75) is 18.9 Å². The number of hydrogen-bond donors (Lipinski definition) is 1. The summed E-state index contributed by atoms with van der Waals surface area (Å²) in [5, 5.41) is 9.98. The second kappa shape index (κ2) is 5.96. The fraction of sp³-hybridized carbons (Fsp3) is 0.333. The second-order valence-corrected chi connectivity index (χ2v) is 6.77. The number of halogens is 1. The standard InChI is InChI=1S/C12H14BrNS2/c1-14-11(10-6-12(13)16-8-10)3-2-9-4-5-15-7-9/h4-8,11,14H,2-3H2,1H3. The van der Waals surface area contributed by atoms with Crippen molar-refractivity contribution in [3.05, 3.63) is 43.2 Å². The van der Waals surface area contributed by atoms with Crippen molar-refractivity contribution in [1.82, 2.24) is 5.32 Å². The van der Waals surface area contributed by atoms with Crippen molar-refractivity contribution in [2.75, 3.05) is 7.05 Å². The van der Waals surface area contributed by atoms with Crippen LogP contribution in [0.15, 0.2) is 32.1 Å². The van der Waals surface area contributed by atoms with Crippen LogP contribution in [-0.2, 0) is 6.42 Å². The second-order valence-electron chi connectivity index (χ2n) is 3.70. The first-order valence-corrected chi connectivity index (χ1v) is 7.83. The number of thiophene rings is 2. The molecule has 1 atom stereocenters. The average molecular weight is 316 g/mol. The van der Waals surface area contributed by atoms with Gasteiger partial charge in [0.05, 0.1) is 3.79 Å². The monoisotopic (exact) mass is 315 g/mol. The highest BCUT2D eigenvalue weighted by molar-refractivity contribution is 9.11. The minimum Gasteiger partial charge on any atom is -0.313 e. The fourth-order valence-electron chi connectivity index (χ4n) is 1.73. The molecule has 86 valence electrons. The number of aryl methyl sites for hydroxylation is 1. The number of nitrogens with one attached hydrogen (secondary N) is 1. The van der Waals surface area contributed by atoms with Gasteiger partial charge in [-0.25, -0.2) is 0 Å². The first kappa shape index (κ1) is 12.3. The maximum absolute atomic E-state index is 3.51. The van der Waals surface area contributed by atoms with E-state index >= 15 is 0 Å². The lowest BCUT2D eigenvalue weighted by atomic mass is 10.0. The lowest BCUT2D eigenvalue weighted by Crippen LogP contribution is -2.16. The quantitative estimate of drug-likeness (QED) is 0.858. The molecule has 2 heterocycles. The van der Waals surface area contributed by atoms with Crippen LogP contribution in [0, 0.1) is 0 Å². The SMILES string of the molecule is CNC(CCc1ccsc1)c1csc(Br)c1. The Morgan fingerprint density at radius 1 is 1.44 bits per heavy atom. The highest BCUT2D eigenvalue weighted by Gasteiger charge is 2.10. The van der Waals surface area contributed by atoms with E-state index in [1.807, 2.05) is 7.05 Å². The summed E-state index contributed by atoms with van der Waals surface area (Å²) in [6, 6.07) is 4.88. The Morgan fingerprint density at radius 3 is 2.88 bits per heavy atom. The maximum atomic E-state index is 3.51. The van der Waals surface area contributed by atoms with E-state index in [1.165, 1.54) is 14.9 Å². The summed E-state index contributed by atoms with van der Waals surface area (Å²) in [6.45, 7) is 0. The van der Waals surface area contributed by atoms with Crippen LogP contribution in [-0.4, -0.2) is 7.05 Å². The van der Waals surface area contributed by atoms with Crippen molar-refractivity contribution in [3.63, 3.8) is 0 Å². The molecular formula is C12H14BrNS2. The summed E-state index contributed by atoms with van der Waals surface area (Å²) in [6.07, 6.45) is 2.29. The Hall–Kier alpha value is -0.160. The Morgan fingerprint density at radius 2 is 2.31 bits per heavy atom. The van der Waals surface area contributed by atoms with E-state index in [2.05, 4.69) is 49.5 Å². The normalized spacial score (nSPS) is 12.9. The molecule has 0 aliphatic heterocycles. The largest absolute Gasteiger partial charge is 0.313 e. The molecule has 1 nitrogen and oxygen atoms in total. The zero-order valence-corrected chi connectivity index (χ0v) is 12.3. The maximum Gasteiger partial charge on any atom is 0.0701 e. The summed E-state index contributed by atoms with van der Waals surface area (Å²) in [4.78, 5) is 0. The molecule has 0 saturated heterocycles. The molecule has 0 spiro atoms. The van der Waals surface area contributed by atoms with Crippen molar-refractivity contribution in [2.24, 2.45) is 0 Å². The van der Waals surface area contributed by atoms with Gasteiger partial charge in [-0.05, 0) is 75.2 Å². The Labute approximate surface area is 113 Å². The third kappa shape index (κ3) is 3.17. The van der Waals surface area contributed by atoms with Crippen molar-refractivity contribution < 1.29 is 0 Å². The van der Waals surface area contributed by atoms with Gasteiger partial charge >= 0.3 is 0 Å². The van der Waals surface area contributed by atoms with Crippen molar-refractivity contribution >= 4 is 38.6 Å². The van der Waals surface area contributed by atoms with Gasteiger partial charge in [0.1, 0.15) is 0 Å². The molecule has 16 heavy (non-hydrogen) atoms. The van der Waals surface area contributed by atoms with Gasteiger partial charge in [-0.2, -0.15) is 11.3 Å². The molecule has 0 saturated carbocycles. The van der Waals surface area contributed by atoms with Crippen LogP contribution in [0.2, 0.25) is 0 Å². The summed E-state index contributed by atoms with van der Waals surface area (Å²) < 4.78 is 1.21. The zero-order chi connectivity index (χ0) is 11.4. The third-order valence-electron chi connectivity index (χ3n) is 2.64. The van der Waals surface area contributed by atoms with Crippen molar-refractivity contribution in [3.8, 4) is 0 Å². The molecule has 0 aliphatic rings. The highest BCUT2D eigenvalue weighted by Crippen LogP contribution is 2.27. The molecule has 1 N–H and O–H groups in total. The van der Waals surface area contributed by atoms with Gasteiger partial charge in [0.15, 0.2) is 0 Å². The van der Waals surface area contributed by atoms with E-state index in [0.717, 1.165) is 12.8 Å². The van der Waals surface area contributed by atoms with Crippen LogP contribution in [0.25, 0.3) is 0 Å². The van der Waals surface area contributed by atoms with Gasteiger partial charge in [-0.3, -0.25) is 0 Å². The summed E-state index contributed by atoms with van der Waals surface area (Å²) in [7, 11) is 2.03. The molecule has 2 rings (SSSR count). The number of hydrogen-bond acceptors (Lipinski definition) is 3. The molecular weight excluding hydrogens is 302 g/mol. The van der Waals surface area contributed by atoms with E-state index in [9.17, 15) is 0 Å². The smallest absolute Gasteiger partial charge is 0.0701 e. The zero-order valence-electron chi connectivity index (χ0n) is 9.07. The molecule has 2 aromatic rings. The summed E-state index contributed by atoms with van der Waals surface area (Å²) in [5.41, 5.74) is 2.83. The van der Waals surface area contributed by atoms with Gasteiger partial charge in [0.25, 0.3) is 0 Å². The third-order valence-corrected chi connectivity index (χ3v) is 4.90. The molecule has 0 radical (unpaired) electrons. The Kier molecular flexibility index (Phi) is 4.58. The van der Waals surface area contributed by atoms with E-state index in [0.29, 0.717) is 6.04 Å². The highest BCUT2D eigenvalue weighted by atomic mass is 79.9. The predicted octanol–water partition coefficient (Wildman–Crippen LogP) is 4.47. The Bertz CT molecular complexity index is 422. The fourth-order valence-corrected chi connectivity index (χ4v) is 3.66. The van der Waals surface area contributed by atoms with Gasteiger partial charge in [-0.15, -0.1) is 11.3 Å². The first-order chi connectivity index (χ1) is 7.79. The molecule has 1 unspecified atom stereocenters. The molecule has 0 amide bonds. The summed E-state index contributed by atoms with van der Waals surface area (Å²) in [5.74, 6) is 0. The molecule has 2 aromatic heterocycles. The average Bonchev–Trinajstić information content (AvgIpc) is 2.91. The van der Waals surface area contributed by atoms with E-state index in [4.69, 9.17) is 0 Å². The molecule has 0 aliphatic carbocycles. The lowest BCUT2D eigenvalue weighted by Gasteiger charge is -2.14. The van der Waals surface area contributed by atoms with Crippen molar-refractivity contribution in [1.29, 1.82) is 0 Å². The topological polar surface area (TPSA) is 12.0 Å². The molecule has 0 bridgehead atoms. The lowest BCUT2D eigenvalue weighted by molar-refractivity contribution is 0.551. The first-order valence-electron chi connectivity index (χ1n) is 5.22. The van der Waals surface area contributed by atoms with Crippen LogP contribution in [0.1, 0.15) is 23.6 Å². The van der Waals surface area contributed by atoms with Crippen LogP contribution in [0.5, 0.6) is 0 Å². The molecule has 0 fully saturated rings. The van der Waals surface area contributed by atoms with Crippen LogP contribution in [0.4, 0.5) is 0 Å². The number of rotatable bonds is 5. The van der Waals surface area contributed by atoms with Gasteiger partial charge in [-0.1, -0.05) is 0 Å². The minimum absolute atomic E-state index is 0.461. The van der Waals surface area contributed by atoms with E-state index < -0.39 is 0 Å². The van der Waals surface area contributed by atoms with Gasteiger partial charge in [0, 0.05) is 6.04 Å². The molecule has 4 heteroatoms. The van der Waals surface area contributed by atoms with Gasteiger partial charge < -0.3 is 5.32 Å². The van der Waals surface area contributed by atoms with Crippen LogP contribution >= 0.6 is 38.6 Å². The van der Waals surface area contributed by atoms with Crippen LogP contribution in [0.3, 0.4) is 0 Å². The minimum atomic E-state index is 0.461.